The summed E-state index contributed by atoms with van der Waals surface area (Å²) in [5.41, 5.74) is 1.47. The van der Waals surface area contributed by atoms with E-state index in [4.69, 9.17) is 13.3 Å². The van der Waals surface area contributed by atoms with Crippen molar-refractivity contribution in [3.8, 4) is 5.75 Å². The second-order valence-electron chi connectivity index (χ2n) is 7.69. The number of ether oxygens (including phenoxy) is 1. The third-order valence-electron chi connectivity index (χ3n) is 5.58. The van der Waals surface area contributed by atoms with Crippen LogP contribution in [0.1, 0.15) is 49.7 Å². The summed E-state index contributed by atoms with van der Waals surface area (Å²) < 4.78 is 41.1. The van der Waals surface area contributed by atoms with E-state index < -0.39 is 10.1 Å². The number of rotatable bonds is 11. The molecule has 1 aromatic carbocycles. The molecule has 0 spiro atoms. The van der Waals surface area contributed by atoms with Crippen molar-refractivity contribution < 1.29 is 26.5 Å². The zero-order chi connectivity index (χ0) is 23.1. The van der Waals surface area contributed by atoms with Crippen LogP contribution in [0.5, 0.6) is 5.75 Å². The van der Waals surface area contributed by atoms with Crippen LogP contribution in [0.4, 0.5) is 5.69 Å². The molecule has 1 aromatic heterocycles. The summed E-state index contributed by atoms with van der Waals surface area (Å²) in [5, 5.41) is 0. The Balaban J connectivity index is 1.94. The van der Waals surface area contributed by atoms with Gasteiger partial charge in [0.15, 0.2) is 5.76 Å². The molecule has 176 valence electrons. The molecule has 2 heterocycles. The van der Waals surface area contributed by atoms with Crippen molar-refractivity contribution in [1.29, 1.82) is 0 Å². The molecule has 0 unspecified atom stereocenters. The Labute approximate surface area is 190 Å². The standard InChI is InChI=1S/C23H32N2O6S/c1-4-24(5-2)19-12-11-18(22(15-19)31-32(27,28)6-3)16-25(17-20-9-7-13-29-20)23(26)21-10-8-14-30-21/h8,10-12,14-15,20H,4-7,9,13,16-17H2,1-3H3/t20-/m1/s1. The number of furan rings is 1. The molecule has 0 aliphatic carbocycles. The first-order valence-electron chi connectivity index (χ1n) is 11.1. The van der Waals surface area contributed by atoms with E-state index in [-0.39, 0.29) is 35.8 Å². The molecule has 1 atom stereocenters. The van der Waals surface area contributed by atoms with Gasteiger partial charge in [-0.15, -0.1) is 0 Å². The summed E-state index contributed by atoms with van der Waals surface area (Å²) in [6, 6.07) is 8.77. The van der Waals surface area contributed by atoms with Crippen LogP contribution in [-0.4, -0.2) is 57.3 Å². The molecule has 1 amide bonds. The molecule has 1 saturated heterocycles. The summed E-state index contributed by atoms with van der Waals surface area (Å²) in [6.07, 6.45) is 3.22. The van der Waals surface area contributed by atoms with E-state index in [1.54, 1.807) is 23.1 Å². The minimum atomic E-state index is -3.74. The lowest BCUT2D eigenvalue weighted by molar-refractivity contribution is 0.0483. The average Bonchev–Trinajstić information content (AvgIpc) is 3.49. The van der Waals surface area contributed by atoms with Gasteiger partial charge < -0.3 is 23.1 Å². The molecular weight excluding hydrogens is 432 g/mol. The van der Waals surface area contributed by atoms with E-state index in [0.29, 0.717) is 18.7 Å². The van der Waals surface area contributed by atoms with Gasteiger partial charge in [0.05, 0.1) is 18.1 Å². The Morgan fingerprint density at radius 1 is 1.19 bits per heavy atom. The zero-order valence-corrected chi connectivity index (χ0v) is 19.8. The molecule has 8 nitrogen and oxygen atoms in total. The molecule has 1 aliphatic rings. The van der Waals surface area contributed by atoms with Crippen LogP contribution in [-0.2, 0) is 21.4 Å². The number of hydrogen-bond donors (Lipinski definition) is 0. The van der Waals surface area contributed by atoms with Crippen molar-refractivity contribution in [3.63, 3.8) is 0 Å². The maximum absolute atomic E-state index is 13.1. The predicted molar refractivity (Wildman–Crippen MR) is 123 cm³/mol. The molecule has 2 aromatic rings. The second kappa shape index (κ2) is 10.9. The number of hydrogen-bond acceptors (Lipinski definition) is 7. The van der Waals surface area contributed by atoms with Crippen molar-refractivity contribution in [1.82, 2.24) is 4.90 Å². The largest absolute Gasteiger partial charge is 0.459 e. The highest BCUT2D eigenvalue weighted by atomic mass is 32.2. The smallest absolute Gasteiger partial charge is 0.308 e. The number of benzene rings is 1. The third-order valence-corrected chi connectivity index (χ3v) is 6.72. The van der Waals surface area contributed by atoms with Gasteiger partial charge in [-0.2, -0.15) is 8.42 Å². The van der Waals surface area contributed by atoms with E-state index in [0.717, 1.165) is 31.6 Å². The lowest BCUT2D eigenvalue weighted by Gasteiger charge is -2.27. The molecule has 32 heavy (non-hydrogen) atoms. The van der Waals surface area contributed by atoms with Crippen molar-refractivity contribution in [2.45, 2.75) is 46.3 Å². The first-order chi connectivity index (χ1) is 15.4. The van der Waals surface area contributed by atoms with E-state index in [2.05, 4.69) is 4.90 Å². The summed E-state index contributed by atoms with van der Waals surface area (Å²) in [5.74, 6) is 0.0437. The molecule has 3 rings (SSSR count). The number of carbonyl (C=O) groups is 1. The summed E-state index contributed by atoms with van der Waals surface area (Å²) in [4.78, 5) is 16.9. The van der Waals surface area contributed by atoms with Crippen LogP contribution in [0.25, 0.3) is 0 Å². The van der Waals surface area contributed by atoms with E-state index >= 15 is 0 Å². The van der Waals surface area contributed by atoms with E-state index in [1.807, 2.05) is 26.0 Å². The van der Waals surface area contributed by atoms with Gasteiger partial charge >= 0.3 is 10.1 Å². The van der Waals surface area contributed by atoms with E-state index in [9.17, 15) is 13.2 Å². The van der Waals surface area contributed by atoms with E-state index in [1.165, 1.54) is 13.2 Å². The summed E-state index contributed by atoms with van der Waals surface area (Å²) in [7, 11) is -3.74. The van der Waals surface area contributed by atoms with Gasteiger partial charge in [0, 0.05) is 50.1 Å². The number of carbonyl (C=O) groups excluding carboxylic acids is 1. The second-order valence-corrected chi connectivity index (χ2v) is 9.55. The van der Waals surface area contributed by atoms with Crippen molar-refractivity contribution in [2.75, 3.05) is 36.9 Å². The van der Waals surface area contributed by atoms with Crippen LogP contribution < -0.4 is 9.08 Å². The van der Waals surface area contributed by atoms with Crippen LogP contribution in [0.15, 0.2) is 41.0 Å². The fourth-order valence-electron chi connectivity index (χ4n) is 3.75. The highest BCUT2D eigenvalue weighted by Gasteiger charge is 2.27. The Morgan fingerprint density at radius 3 is 2.56 bits per heavy atom. The Hall–Kier alpha value is -2.52. The van der Waals surface area contributed by atoms with Crippen LogP contribution >= 0.6 is 0 Å². The zero-order valence-electron chi connectivity index (χ0n) is 19.0. The van der Waals surface area contributed by atoms with Crippen molar-refractivity contribution in [2.24, 2.45) is 0 Å². The van der Waals surface area contributed by atoms with Crippen molar-refractivity contribution >= 4 is 21.7 Å². The van der Waals surface area contributed by atoms with Gasteiger partial charge in [0.1, 0.15) is 5.75 Å². The molecule has 9 heteroatoms. The van der Waals surface area contributed by atoms with Gasteiger partial charge in [0.25, 0.3) is 5.91 Å². The average molecular weight is 465 g/mol. The Morgan fingerprint density at radius 2 is 1.97 bits per heavy atom. The Bertz CT molecular complexity index is 980. The molecule has 0 N–H and O–H groups in total. The normalized spacial score (nSPS) is 16.2. The molecule has 1 fully saturated rings. The predicted octanol–water partition coefficient (Wildman–Crippen LogP) is 3.68. The molecule has 0 bridgehead atoms. The highest BCUT2D eigenvalue weighted by Crippen LogP contribution is 2.29. The topological polar surface area (TPSA) is 89.3 Å². The summed E-state index contributed by atoms with van der Waals surface area (Å²) in [6.45, 7) is 8.39. The third kappa shape index (κ3) is 6.04. The number of nitrogens with zero attached hydrogens (tertiary/aromatic N) is 2. The fraction of sp³-hybridized carbons (Fsp3) is 0.522. The first-order valence-corrected chi connectivity index (χ1v) is 12.7. The molecule has 0 saturated carbocycles. The van der Waals surface area contributed by atoms with Gasteiger partial charge in [-0.1, -0.05) is 6.07 Å². The van der Waals surface area contributed by atoms with Crippen LogP contribution in [0.2, 0.25) is 0 Å². The SMILES string of the molecule is CCN(CC)c1ccc(CN(C[C@H]2CCCO2)C(=O)c2ccco2)c(OS(=O)(=O)CC)c1. The lowest BCUT2D eigenvalue weighted by Crippen LogP contribution is -2.37. The van der Waals surface area contributed by atoms with Crippen LogP contribution in [0.3, 0.4) is 0 Å². The van der Waals surface area contributed by atoms with Crippen LogP contribution in [0, 0.1) is 0 Å². The number of anilines is 1. The minimum absolute atomic E-state index is 0.0624. The first kappa shape index (κ1) is 24.1. The van der Waals surface area contributed by atoms with Gasteiger partial charge in [-0.25, -0.2) is 0 Å². The maximum atomic E-state index is 13.1. The minimum Gasteiger partial charge on any atom is -0.459 e. The highest BCUT2D eigenvalue weighted by molar-refractivity contribution is 7.87. The maximum Gasteiger partial charge on any atom is 0.308 e. The molecule has 0 radical (unpaired) electrons. The monoisotopic (exact) mass is 464 g/mol. The summed E-state index contributed by atoms with van der Waals surface area (Å²) >= 11 is 0. The van der Waals surface area contributed by atoms with Gasteiger partial charge in [-0.3, -0.25) is 4.79 Å². The molecular formula is C23H32N2O6S. The van der Waals surface area contributed by atoms with Gasteiger partial charge in [-0.05, 0) is 51.8 Å². The lowest BCUT2D eigenvalue weighted by atomic mass is 10.1. The fourth-order valence-corrected chi connectivity index (χ4v) is 4.29. The van der Waals surface area contributed by atoms with Gasteiger partial charge in [0.2, 0.25) is 0 Å². The molecule has 1 aliphatic heterocycles. The Kier molecular flexibility index (Phi) is 8.20. The number of amides is 1. The van der Waals surface area contributed by atoms with Crippen molar-refractivity contribution in [3.05, 3.63) is 47.9 Å². The quantitative estimate of drug-likeness (QED) is 0.469.